The largest absolute Gasteiger partial charge is 0.452 e. The summed E-state index contributed by atoms with van der Waals surface area (Å²) in [5, 5.41) is 2.27. The quantitative estimate of drug-likeness (QED) is 0.539. The van der Waals surface area contributed by atoms with E-state index in [1.165, 1.54) is 4.31 Å². The van der Waals surface area contributed by atoms with E-state index in [0.29, 0.717) is 0 Å². The molecule has 0 atom stereocenters. The Morgan fingerprint density at radius 1 is 1.32 bits per heavy atom. The molecular formula is C16H19FN2O5S. The van der Waals surface area contributed by atoms with Crippen LogP contribution in [0.3, 0.4) is 0 Å². The first-order valence-corrected chi connectivity index (χ1v) is 8.88. The molecule has 0 aliphatic heterocycles. The Labute approximate surface area is 146 Å². The van der Waals surface area contributed by atoms with E-state index in [1.807, 2.05) is 0 Å². The number of hydrogen-bond donors (Lipinski definition) is 1. The molecule has 0 radical (unpaired) electrons. The van der Waals surface area contributed by atoms with E-state index in [1.54, 1.807) is 13.8 Å². The van der Waals surface area contributed by atoms with Crippen LogP contribution in [0.15, 0.2) is 23.1 Å². The Morgan fingerprint density at radius 3 is 2.52 bits per heavy atom. The molecule has 0 saturated heterocycles. The van der Waals surface area contributed by atoms with Crippen LogP contribution in [-0.4, -0.2) is 50.8 Å². The van der Waals surface area contributed by atoms with E-state index in [-0.39, 0.29) is 24.5 Å². The van der Waals surface area contributed by atoms with Gasteiger partial charge in [0.05, 0.1) is 17.0 Å². The van der Waals surface area contributed by atoms with Crippen molar-refractivity contribution in [2.24, 2.45) is 0 Å². The number of halogens is 1. The molecule has 0 bridgehead atoms. The van der Waals surface area contributed by atoms with Gasteiger partial charge in [-0.25, -0.2) is 17.6 Å². The van der Waals surface area contributed by atoms with Crippen LogP contribution >= 0.6 is 0 Å². The molecular weight excluding hydrogens is 351 g/mol. The maximum atomic E-state index is 13.9. The zero-order valence-corrected chi connectivity index (χ0v) is 14.7. The van der Waals surface area contributed by atoms with E-state index < -0.39 is 39.9 Å². The van der Waals surface area contributed by atoms with Gasteiger partial charge in [-0.1, -0.05) is 19.8 Å². The molecule has 9 heteroatoms. The third kappa shape index (κ3) is 5.27. The Hall–Kier alpha value is -2.44. The summed E-state index contributed by atoms with van der Waals surface area (Å²) in [6.07, 6.45) is 4.97. The normalized spacial score (nSPS) is 11.0. The minimum atomic E-state index is -3.86. The second-order valence-corrected chi connectivity index (χ2v) is 6.73. The van der Waals surface area contributed by atoms with E-state index in [2.05, 4.69) is 16.0 Å². The molecule has 0 fully saturated rings. The molecule has 7 nitrogen and oxygen atoms in total. The number of nitrogens with zero attached hydrogens (tertiary/aromatic N) is 1. The Balaban J connectivity index is 3.00. The maximum absolute atomic E-state index is 13.9. The van der Waals surface area contributed by atoms with Gasteiger partial charge in [0.1, 0.15) is 5.82 Å². The number of carbonyl (C=O) groups is 2. The van der Waals surface area contributed by atoms with Crippen molar-refractivity contribution in [1.29, 1.82) is 0 Å². The molecule has 1 aromatic rings. The van der Waals surface area contributed by atoms with Crippen molar-refractivity contribution in [2.45, 2.75) is 18.7 Å². The van der Waals surface area contributed by atoms with E-state index >= 15 is 0 Å². The Bertz CT molecular complexity index is 782. The van der Waals surface area contributed by atoms with Crippen molar-refractivity contribution in [3.05, 3.63) is 29.6 Å². The average molecular weight is 370 g/mol. The molecule has 1 aromatic carbocycles. The van der Waals surface area contributed by atoms with Crippen LogP contribution in [0.4, 0.5) is 4.39 Å². The minimum absolute atomic E-state index is 0.0393. The number of nitrogens with one attached hydrogen (secondary N) is 1. The highest BCUT2D eigenvalue weighted by atomic mass is 32.2. The SMILES string of the molecule is C#CCNC(=O)COC(=O)c1cc(S(=O)(=O)N(CC)CC)ccc1F. The lowest BCUT2D eigenvalue weighted by Crippen LogP contribution is -2.31. The summed E-state index contributed by atoms with van der Waals surface area (Å²) in [6, 6.07) is 2.83. The summed E-state index contributed by atoms with van der Waals surface area (Å²) in [5.74, 6) is -0.585. The van der Waals surface area contributed by atoms with Crippen LogP contribution in [0.5, 0.6) is 0 Å². The van der Waals surface area contributed by atoms with Crippen molar-refractivity contribution < 1.29 is 27.1 Å². The third-order valence-corrected chi connectivity index (χ3v) is 5.27. The minimum Gasteiger partial charge on any atom is -0.452 e. The topological polar surface area (TPSA) is 92.8 Å². The Morgan fingerprint density at radius 2 is 1.96 bits per heavy atom. The highest BCUT2D eigenvalue weighted by Gasteiger charge is 2.25. The van der Waals surface area contributed by atoms with Crippen LogP contribution < -0.4 is 5.32 Å². The summed E-state index contributed by atoms with van der Waals surface area (Å²) in [6.45, 7) is 3.08. The number of rotatable bonds is 8. The van der Waals surface area contributed by atoms with Gasteiger partial charge in [0.25, 0.3) is 5.91 Å². The number of ether oxygens (including phenoxy) is 1. The lowest BCUT2D eigenvalue weighted by molar-refractivity contribution is -0.123. The standard InChI is InChI=1S/C16H19FN2O5S/c1-4-9-18-15(20)11-24-16(21)13-10-12(7-8-14(13)17)25(22,23)19(5-2)6-3/h1,7-8,10H,5-6,9,11H2,2-3H3,(H,18,20). The summed E-state index contributed by atoms with van der Waals surface area (Å²) in [7, 11) is -3.86. The third-order valence-electron chi connectivity index (χ3n) is 3.22. The highest BCUT2D eigenvalue weighted by molar-refractivity contribution is 7.89. The molecule has 1 amide bonds. The van der Waals surface area contributed by atoms with Crippen LogP contribution in [0.2, 0.25) is 0 Å². The summed E-state index contributed by atoms with van der Waals surface area (Å²) >= 11 is 0. The van der Waals surface area contributed by atoms with Crippen molar-refractivity contribution in [2.75, 3.05) is 26.2 Å². The fourth-order valence-corrected chi connectivity index (χ4v) is 3.43. The molecule has 0 aliphatic rings. The predicted molar refractivity (Wildman–Crippen MR) is 88.6 cm³/mol. The molecule has 0 aromatic heterocycles. The molecule has 0 saturated carbocycles. The van der Waals surface area contributed by atoms with Gasteiger partial charge in [0, 0.05) is 13.1 Å². The van der Waals surface area contributed by atoms with Crippen LogP contribution in [0.1, 0.15) is 24.2 Å². The number of terminal acetylenes is 1. The average Bonchev–Trinajstić information content (AvgIpc) is 2.58. The zero-order valence-electron chi connectivity index (χ0n) is 13.9. The summed E-state index contributed by atoms with van der Waals surface area (Å²) in [4.78, 5) is 23.0. The highest BCUT2D eigenvalue weighted by Crippen LogP contribution is 2.19. The monoisotopic (exact) mass is 370 g/mol. The van der Waals surface area contributed by atoms with E-state index in [0.717, 1.165) is 18.2 Å². The summed E-state index contributed by atoms with van der Waals surface area (Å²) < 4.78 is 44.6. The van der Waals surface area contributed by atoms with Gasteiger partial charge < -0.3 is 10.1 Å². The predicted octanol–water partition coefficient (Wildman–Crippen LogP) is 0.762. The van der Waals surface area contributed by atoms with Gasteiger partial charge >= 0.3 is 5.97 Å². The lowest BCUT2D eigenvalue weighted by atomic mass is 10.2. The lowest BCUT2D eigenvalue weighted by Gasteiger charge is -2.18. The number of hydrogen-bond acceptors (Lipinski definition) is 5. The van der Waals surface area contributed by atoms with Crippen LogP contribution in [0, 0.1) is 18.2 Å². The van der Waals surface area contributed by atoms with Crippen LogP contribution in [0.25, 0.3) is 0 Å². The molecule has 1 N–H and O–H groups in total. The number of benzene rings is 1. The van der Waals surface area contributed by atoms with E-state index in [9.17, 15) is 22.4 Å². The maximum Gasteiger partial charge on any atom is 0.341 e. The summed E-state index contributed by atoms with van der Waals surface area (Å²) in [5.41, 5.74) is -0.571. The van der Waals surface area contributed by atoms with Crippen molar-refractivity contribution >= 4 is 21.9 Å². The first-order valence-electron chi connectivity index (χ1n) is 7.44. The van der Waals surface area contributed by atoms with Crippen molar-refractivity contribution in [3.63, 3.8) is 0 Å². The van der Waals surface area contributed by atoms with E-state index in [4.69, 9.17) is 6.42 Å². The molecule has 136 valence electrons. The molecule has 0 unspecified atom stereocenters. The molecule has 1 rings (SSSR count). The van der Waals surface area contributed by atoms with Gasteiger partial charge in [-0.05, 0) is 18.2 Å². The number of carbonyl (C=O) groups excluding carboxylic acids is 2. The molecule has 0 spiro atoms. The van der Waals surface area contributed by atoms with Crippen LogP contribution in [-0.2, 0) is 19.6 Å². The fourth-order valence-electron chi connectivity index (χ4n) is 1.94. The number of esters is 1. The Kier molecular flexibility index (Phi) is 7.54. The van der Waals surface area contributed by atoms with Crippen molar-refractivity contribution in [1.82, 2.24) is 9.62 Å². The molecule has 0 heterocycles. The first kappa shape index (κ1) is 20.6. The van der Waals surface area contributed by atoms with Gasteiger partial charge in [-0.15, -0.1) is 6.42 Å². The second-order valence-electron chi connectivity index (χ2n) is 4.79. The zero-order chi connectivity index (χ0) is 19.0. The second kappa shape index (κ2) is 9.15. The van der Waals surface area contributed by atoms with Gasteiger partial charge in [-0.2, -0.15) is 4.31 Å². The van der Waals surface area contributed by atoms with Gasteiger partial charge in [0.2, 0.25) is 10.0 Å². The number of amides is 1. The fraction of sp³-hybridized carbons (Fsp3) is 0.375. The van der Waals surface area contributed by atoms with Gasteiger partial charge in [0.15, 0.2) is 6.61 Å². The first-order chi connectivity index (χ1) is 11.8. The molecule has 0 aliphatic carbocycles. The number of sulfonamides is 1. The van der Waals surface area contributed by atoms with Crippen molar-refractivity contribution in [3.8, 4) is 12.3 Å². The molecule has 25 heavy (non-hydrogen) atoms. The van der Waals surface area contributed by atoms with Gasteiger partial charge in [-0.3, -0.25) is 4.79 Å². The smallest absolute Gasteiger partial charge is 0.341 e.